The number of anilines is 2. The van der Waals surface area contributed by atoms with Crippen molar-refractivity contribution in [3.05, 3.63) is 42.2 Å². The van der Waals surface area contributed by atoms with Crippen molar-refractivity contribution in [3.8, 4) is 0 Å². The molecule has 3 nitrogen and oxygen atoms in total. The Morgan fingerprint density at radius 2 is 2.00 bits per heavy atom. The second-order valence-electron chi connectivity index (χ2n) is 3.40. The van der Waals surface area contributed by atoms with Crippen LogP contribution in [0.3, 0.4) is 0 Å². The molecule has 1 aromatic carbocycles. The molecule has 0 aliphatic carbocycles. The predicted octanol–water partition coefficient (Wildman–Crippen LogP) is 3.68. The van der Waals surface area contributed by atoms with Crippen LogP contribution in [0.25, 0.3) is 0 Å². The van der Waals surface area contributed by atoms with Gasteiger partial charge in [0, 0.05) is 17.6 Å². The van der Waals surface area contributed by atoms with Gasteiger partial charge in [-0.3, -0.25) is 0 Å². The zero-order valence-electron chi connectivity index (χ0n) is 9.35. The molecule has 1 heterocycles. The maximum atomic E-state index is 5.74. The van der Waals surface area contributed by atoms with E-state index in [0.717, 1.165) is 22.1 Å². The largest absolute Gasteiger partial charge is 0.340 e. The number of nitrogens with zero attached hydrogens (tertiary/aromatic N) is 2. The predicted molar refractivity (Wildman–Crippen MR) is 73.1 cm³/mol. The molecule has 0 saturated carbocycles. The lowest BCUT2D eigenvalue weighted by atomic mass is 10.2. The van der Waals surface area contributed by atoms with Crippen LogP contribution in [0, 0.1) is 0 Å². The quantitative estimate of drug-likeness (QED) is 0.520. The van der Waals surface area contributed by atoms with Crippen LogP contribution < -0.4 is 5.32 Å². The summed E-state index contributed by atoms with van der Waals surface area (Å²) in [6.07, 6.45) is 3.54. The molecule has 5 heteroatoms. The molecule has 88 valence electrons. The van der Waals surface area contributed by atoms with Crippen LogP contribution in [0.4, 0.5) is 11.5 Å². The molecule has 0 amide bonds. The molecular formula is C12H12ClN3S. The Morgan fingerprint density at radius 1 is 1.24 bits per heavy atom. The molecule has 0 atom stereocenters. The Labute approximate surface area is 110 Å². The number of hydrogen-bond acceptors (Lipinski definition) is 4. The van der Waals surface area contributed by atoms with Gasteiger partial charge >= 0.3 is 0 Å². The number of rotatable bonds is 4. The highest BCUT2D eigenvalue weighted by atomic mass is 35.5. The Bertz CT molecular complexity index is 487. The third-order valence-corrected chi connectivity index (χ3v) is 3.18. The lowest BCUT2D eigenvalue weighted by Crippen LogP contribution is -1.94. The van der Waals surface area contributed by atoms with Gasteiger partial charge in [-0.05, 0) is 24.0 Å². The summed E-state index contributed by atoms with van der Waals surface area (Å²) < 4.78 is 0. The maximum Gasteiger partial charge on any atom is 0.134 e. The van der Waals surface area contributed by atoms with Gasteiger partial charge in [-0.25, -0.2) is 9.97 Å². The summed E-state index contributed by atoms with van der Waals surface area (Å²) in [7, 11) is 0. The highest BCUT2D eigenvalue weighted by Gasteiger charge is 1.98. The number of thioether (sulfide) groups is 1. The van der Waals surface area contributed by atoms with Crippen molar-refractivity contribution in [1.82, 2.24) is 9.97 Å². The molecule has 0 bridgehead atoms. The summed E-state index contributed by atoms with van der Waals surface area (Å²) >= 11 is 7.33. The summed E-state index contributed by atoms with van der Waals surface area (Å²) in [5.41, 5.74) is 2.09. The van der Waals surface area contributed by atoms with Crippen LogP contribution in [-0.4, -0.2) is 16.2 Å². The molecule has 1 aromatic heterocycles. The zero-order chi connectivity index (χ0) is 12.1. The third kappa shape index (κ3) is 3.35. The van der Waals surface area contributed by atoms with E-state index < -0.39 is 0 Å². The van der Waals surface area contributed by atoms with E-state index in [4.69, 9.17) is 11.6 Å². The summed E-state index contributed by atoms with van der Waals surface area (Å²) in [4.78, 5) is 8.28. The van der Waals surface area contributed by atoms with Crippen LogP contribution in [0.5, 0.6) is 0 Å². The molecule has 0 radical (unpaired) electrons. The van der Waals surface area contributed by atoms with Gasteiger partial charge in [0.15, 0.2) is 0 Å². The van der Waals surface area contributed by atoms with E-state index in [1.54, 1.807) is 18.1 Å². The van der Waals surface area contributed by atoms with Crippen LogP contribution in [0.2, 0.25) is 0 Å². The van der Waals surface area contributed by atoms with Gasteiger partial charge in [0.05, 0.1) is 0 Å². The first-order valence-corrected chi connectivity index (χ1v) is 6.85. The molecule has 17 heavy (non-hydrogen) atoms. The van der Waals surface area contributed by atoms with Gasteiger partial charge in [0.25, 0.3) is 0 Å². The summed E-state index contributed by atoms with van der Waals surface area (Å²) in [5.74, 6) is 1.33. The molecule has 0 aliphatic rings. The van der Waals surface area contributed by atoms with E-state index in [1.807, 2.05) is 36.6 Å². The molecule has 1 N–H and O–H groups in total. The summed E-state index contributed by atoms with van der Waals surface area (Å²) in [6, 6.07) is 9.87. The molecule has 0 saturated heterocycles. The molecule has 2 aromatic rings. The maximum absolute atomic E-state index is 5.74. The zero-order valence-corrected chi connectivity index (χ0v) is 10.9. The molecular weight excluding hydrogens is 254 g/mol. The average molecular weight is 266 g/mol. The van der Waals surface area contributed by atoms with E-state index in [2.05, 4.69) is 15.3 Å². The van der Waals surface area contributed by atoms with Gasteiger partial charge < -0.3 is 5.32 Å². The highest BCUT2D eigenvalue weighted by molar-refractivity contribution is 7.98. The van der Waals surface area contributed by atoms with Crippen LogP contribution >= 0.6 is 23.4 Å². The van der Waals surface area contributed by atoms with Gasteiger partial charge in [0.2, 0.25) is 0 Å². The lowest BCUT2D eigenvalue weighted by molar-refractivity contribution is 1.05. The van der Waals surface area contributed by atoms with Crippen molar-refractivity contribution in [2.24, 2.45) is 0 Å². The normalized spacial score (nSPS) is 10.2. The number of aromatic nitrogens is 2. The van der Waals surface area contributed by atoms with Crippen molar-refractivity contribution in [2.45, 2.75) is 10.9 Å². The Morgan fingerprint density at radius 3 is 2.65 bits per heavy atom. The number of alkyl halides is 1. The smallest absolute Gasteiger partial charge is 0.134 e. The Balaban J connectivity index is 2.13. The third-order valence-electron chi connectivity index (χ3n) is 2.23. The molecule has 0 spiro atoms. The molecule has 0 unspecified atom stereocenters. The monoisotopic (exact) mass is 265 g/mol. The number of hydrogen-bond donors (Lipinski definition) is 1. The van der Waals surface area contributed by atoms with E-state index in [9.17, 15) is 0 Å². The molecule has 2 rings (SSSR count). The van der Waals surface area contributed by atoms with Crippen molar-refractivity contribution < 1.29 is 0 Å². The first kappa shape index (κ1) is 12.2. The van der Waals surface area contributed by atoms with E-state index >= 15 is 0 Å². The Hall–Kier alpha value is -1.26. The second kappa shape index (κ2) is 5.89. The molecule has 0 fully saturated rings. The number of benzene rings is 1. The fourth-order valence-electron chi connectivity index (χ4n) is 1.34. The van der Waals surface area contributed by atoms with E-state index in [0.29, 0.717) is 5.88 Å². The topological polar surface area (TPSA) is 37.8 Å². The van der Waals surface area contributed by atoms with Crippen LogP contribution in [0.1, 0.15) is 5.56 Å². The minimum Gasteiger partial charge on any atom is -0.340 e. The second-order valence-corrected chi connectivity index (χ2v) is 4.49. The Kier molecular flexibility index (Phi) is 4.23. The highest BCUT2D eigenvalue weighted by Crippen LogP contribution is 2.19. The van der Waals surface area contributed by atoms with Gasteiger partial charge in [-0.15, -0.1) is 23.4 Å². The lowest BCUT2D eigenvalue weighted by Gasteiger charge is -2.06. The average Bonchev–Trinajstić information content (AvgIpc) is 2.40. The standard InChI is InChI=1S/C12H12ClN3S/c1-17-12-6-11(14-8-15-12)16-10-4-2-9(7-13)3-5-10/h2-6,8H,7H2,1H3,(H,14,15,16). The number of nitrogens with one attached hydrogen (secondary N) is 1. The van der Waals surface area contributed by atoms with Crippen molar-refractivity contribution >= 4 is 34.9 Å². The van der Waals surface area contributed by atoms with Crippen molar-refractivity contribution in [3.63, 3.8) is 0 Å². The van der Waals surface area contributed by atoms with Crippen molar-refractivity contribution in [2.75, 3.05) is 11.6 Å². The van der Waals surface area contributed by atoms with Gasteiger partial charge in [-0.1, -0.05) is 12.1 Å². The van der Waals surface area contributed by atoms with Crippen LogP contribution in [-0.2, 0) is 5.88 Å². The van der Waals surface area contributed by atoms with Gasteiger partial charge in [0.1, 0.15) is 17.2 Å². The van der Waals surface area contributed by atoms with Gasteiger partial charge in [-0.2, -0.15) is 0 Å². The summed E-state index contributed by atoms with van der Waals surface area (Å²) in [6.45, 7) is 0. The molecule has 0 aliphatic heterocycles. The summed E-state index contributed by atoms with van der Waals surface area (Å²) in [5, 5.41) is 4.17. The van der Waals surface area contributed by atoms with E-state index in [-0.39, 0.29) is 0 Å². The minimum atomic E-state index is 0.532. The SMILES string of the molecule is CSc1cc(Nc2ccc(CCl)cc2)ncn1. The van der Waals surface area contributed by atoms with E-state index in [1.165, 1.54) is 0 Å². The fourth-order valence-corrected chi connectivity index (χ4v) is 1.90. The first-order valence-electron chi connectivity index (χ1n) is 5.10. The van der Waals surface area contributed by atoms with Crippen LogP contribution in [0.15, 0.2) is 41.7 Å². The first-order chi connectivity index (χ1) is 8.31. The number of halogens is 1. The van der Waals surface area contributed by atoms with Crippen molar-refractivity contribution in [1.29, 1.82) is 0 Å². The minimum absolute atomic E-state index is 0.532. The fraction of sp³-hybridized carbons (Fsp3) is 0.167.